The Labute approximate surface area is 296 Å². The van der Waals surface area contributed by atoms with Gasteiger partial charge in [0, 0.05) is 30.1 Å². The number of amides is 2. The van der Waals surface area contributed by atoms with Gasteiger partial charge in [-0.05, 0) is 79.0 Å². The van der Waals surface area contributed by atoms with Crippen molar-refractivity contribution in [2.24, 2.45) is 5.92 Å². The minimum Gasteiger partial charge on any atom is -0.488 e. The van der Waals surface area contributed by atoms with Crippen molar-refractivity contribution in [3.63, 3.8) is 0 Å². The average molecular weight is 761 g/mol. The molecule has 10 nitrogen and oxygen atoms in total. The molecule has 1 unspecified atom stereocenters. The van der Waals surface area contributed by atoms with Gasteiger partial charge in [-0.15, -0.1) is 10.1 Å². The van der Waals surface area contributed by atoms with Crippen LogP contribution in [-0.4, -0.2) is 65.8 Å². The molecule has 0 aromatic heterocycles. The lowest BCUT2D eigenvalue weighted by atomic mass is 9.87. The number of hydrogen-bond donors (Lipinski definition) is 0. The summed E-state index contributed by atoms with van der Waals surface area (Å²) in [5, 5.41) is 9.47. The van der Waals surface area contributed by atoms with E-state index < -0.39 is 40.3 Å². The van der Waals surface area contributed by atoms with Gasteiger partial charge in [0.2, 0.25) is 11.7 Å². The maximum absolute atomic E-state index is 14.4. The zero-order chi connectivity index (χ0) is 35.6. The second-order valence-electron chi connectivity index (χ2n) is 12.1. The second kappa shape index (κ2) is 17.4. The van der Waals surface area contributed by atoms with Gasteiger partial charge in [0.25, 0.3) is 5.09 Å². The molecule has 1 heterocycles. The molecule has 14 heteroatoms. The van der Waals surface area contributed by atoms with E-state index in [4.69, 9.17) is 9.47 Å². The highest BCUT2D eigenvalue weighted by atomic mass is 79.9. The van der Waals surface area contributed by atoms with E-state index in [1.807, 2.05) is 59.5 Å². The number of unbranched alkanes of at least 4 members (excludes halogenated alkanes) is 1. The first-order valence-corrected chi connectivity index (χ1v) is 17.2. The number of ether oxygens (including phenoxy) is 2. The van der Waals surface area contributed by atoms with Crippen LogP contribution in [0.15, 0.2) is 71.2 Å². The summed E-state index contributed by atoms with van der Waals surface area (Å²) in [5.41, 5.74) is 3.52. The number of hydrogen-bond acceptors (Lipinski definition) is 7. The van der Waals surface area contributed by atoms with Gasteiger partial charge in [-0.2, -0.15) is 4.39 Å². The molecule has 5 rings (SSSR count). The topological polar surface area (TPSA) is 111 Å². The quantitative estimate of drug-likeness (QED) is 0.0644. The minimum atomic E-state index is -1.36. The average Bonchev–Trinajstić information content (AvgIpc) is 3.96. The van der Waals surface area contributed by atoms with Crippen LogP contribution in [0.3, 0.4) is 0 Å². The van der Waals surface area contributed by atoms with Crippen LogP contribution in [0.2, 0.25) is 0 Å². The molecule has 1 fully saturated rings. The Morgan fingerprint density at radius 2 is 1.66 bits per heavy atom. The van der Waals surface area contributed by atoms with Crippen LogP contribution in [0.5, 0.6) is 5.75 Å². The van der Waals surface area contributed by atoms with Crippen LogP contribution in [0.1, 0.15) is 48.8 Å². The van der Waals surface area contributed by atoms with Crippen LogP contribution >= 0.6 is 15.9 Å². The maximum Gasteiger partial charge on any atom is 0.410 e. The first-order chi connectivity index (χ1) is 24.1. The molecule has 1 atom stereocenters. The predicted molar refractivity (Wildman–Crippen MR) is 181 cm³/mol. The number of aryl methyl sites for hydroxylation is 1. The van der Waals surface area contributed by atoms with E-state index in [1.165, 1.54) is 4.90 Å². The highest BCUT2D eigenvalue weighted by molar-refractivity contribution is 9.10. The fraction of sp³-hybridized carbons (Fsp3) is 0.389. The van der Waals surface area contributed by atoms with Crippen LogP contribution in [0.25, 0.3) is 5.57 Å². The van der Waals surface area contributed by atoms with E-state index in [9.17, 15) is 32.9 Å². The third kappa shape index (κ3) is 9.77. The van der Waals surface area contributed by atoms with Crippen LogP contribution in [0, 0.1) is 33.5 Å². The molecule has 1 saturated carbocycles. The first-order valence-electron chi connectivity index (χ1n) is 16.4. The number of carbonyl (C=O) groups excluding carboxylic acids is 2. The Morgan fingerprint density at radius 3 is 2.38 bits per heavy atom. The van der Waals surface area contributed by atoms with E-state index in [0.29, 0.717) is 38.3 Å². The molecule has 2 aliphatic rings. The van der Waals surface area contributed by atoms with E-state index in [0.717, 1.165) is 45.6 Å². The molecule has 0 spiro atoms. The van der Waals surface area contributed by atoms with Crippen molar-refractivity contribution in [1.82, 2.24) is 9.80 Å². The largest absolute Gasteiger partial charge is 0.488 e. The molecule has 2 amide bonds. The molecule has 50 heavy (non-hydrogen) atoms. The molecule has 1 aliphatic carbocycles. The van der Waals surface area contributed by atoms with Crippen molar-refractivity contribution in [2.45, 2.75) is 51.1 Å². The Morgan fingerprint density at radius 1 is 0.940 bits per heavy atom. The lowest BCUT2D eigenvalue weighted by Gasteiger charge is -2.35. The van der Waals surface area contributed by atoms with Gasteiger partial charge in [-0.25, -0.2) is 13.6 Å². The van der Waals surface area contributed by atoms with Gasteiger partial charge < -0.3 is 24.1 Å². The van der Waals surface area contributed by atoms with Gasteiger partial charge in [-0.1, -0.05) is 64.5 Å². The van der Waals surface area contributed by atoms with Crippen molar-refractivity contribution >= 4 is 33.5 Å². The Balaban J connectivity index is 1.27. The third-order valence-corrected chi connectivity index (χ3v) is 9.32. The monoisotopic (exact) mass is 759 g/mol. The van der Waals surface area contributed by atoms with Gasteiger partial charge in [0.15, 0.2) is 17.4 Å². The second-order valence-corrected chi connectivity index (χ2v) is 13.0. The third-order valence-electron chi connectivity index (χ3n) is 8.54. The first kappa shape index (κ1) is 36.7. The molecular weight excluding hydrogens is 723 g/mol. The van der Waals surface area contributed by atoms with Gasteiger partial charge >= 0.3 is 6.09 Å². The van der Waals surface area contributed by atoms with Crippen molar-refractivity contribution in [3.05, 3.63) is 115 Å². The Hall–Kier alpha value is -4.59. The van der Waals surface area contributed by atoms with Crippen molar-refractivity contribution in [2.75, 3.05) is 32.9 Å². The van der Waals surface area contributed by atoms with E-state index in [-0.39, 0.29) is 44.9 Å². The lowest BCUT2D eigenvalue weighted by Crippen LogP contribution is -2.47. The van der Waals surface area contributed by atoms with E-state index in [1.54, 1.807) is 0 Å². The molecule has 266 valence electrons. The summed E-state index contributed by atoms with van der Waals surface area (Å²) in [6, 6.07) is 17.0. The smallest absolute Gasteiger partial charge is 0.410 e. The molecule has 0 saturated heterocycles. The fourth-order valence-corrected chi connectivity index (χ4v) is 6.17. The van der Waals surface area contributed by atoms with E-state index >= 15 is 0 Å². The summed E-state index contributed by atoms with van der Waals surface area (Å²) in [6.45, 7) is 0.693. The molecule has 0 bridgehead atoms. The summed E-state index contributed by atoms with van der Waals surface area (Å²) in [6.07, 6.45) is 4.76. The molecule has 3 aromatic rings. The zero-order valence-corrected chi connectivity index (χ0v) is 28.8. The highest BCUT2D eigenvalue weighted by Gasteiger charge is 2.40. The van der Waals surface area contributed by atoms with Crippen LogP contribution < -0.4 is 4.74 Å². The van der Waals surface area contributed by atoms with Gasteiger partial charge in [-0.3, -0.25) is 4.79 Å². The molecule has 3 aromatic carbocycles. The zero-order valence-electron chi connectivity index (χ0n) is 27.2. The van der Waals surface area contributed by atoms with Crippen LogP contribution in [-0.2, 0) is 27.3 Å². The Kier molecular flexibility index (Phi) is 12.7. The summed E-state index contributed by atoms with van der Waals surface area (Å²) in [4.78, 5) is 45.4. The molecule has 0 radical (unpaired) electrons. The fourth-order valence-electron chi connectivity index (χ4n) is 5.76. The number of benzene rings is 3. The minimum absolute atomic E-state index is 0.0199. The highest BCUT2D eigenvalue weighted by Crippen LogP contribution is 2.36. The van der Waals surface area contributed by atoms with Crippen molar-refractivity contribution in [1.29, 1.82) is 0 Å². The van der Waals surface area contributed by atoms with Gasteiger partial charge in [0.05, 0.1) is 25.7 Å². The molecular formula is C36H37BrF3N3O7. The maximum atomic E-state index is 14.4. The SMILES string of the molecule is O=C(OCCCCO[N+](=O)[O-])N1CC=C(c2ccc(CCCOc3c(F)ccc(F)c3F)cc2)C(C(=O)N(Cc2ccccc2Br)C2CC2)C1. The number of halogens is 4. The molecule has 1 aliphatic heterocycles. The molecule has 0 N–H and O–H groups in total. The van der Waals surface area contributed by atoms with Crippen LogP contribution in [0.4, 0.5) is 18.0 Å². The lowest BCUT2D eigenvalue weighted by molar-refractivity contribution is -0.757. The standard InChI is InChI=1S/C36H37BrF3N3O7/c37-30-8-2-1-7-26(30)22-42(27-13-14-27)35(44)29-23-41(36(45)49-19-3-4-21-50-43(46)47)18-17-28(29)25-11-9-24(10-12-25)6-5-20-48-34-32(39)16-15-31(38)33(34)40/h1-2,7-12,15-17,27,29H,3-6,13-14,18-23H2. The Bertz CT molecular complexity index is 1700. The predicted octanol–water partition coefficient (Wildman–Crippen LogP) is 7.51. The number of nitrogens with zero attached hydrogens (tertiary/aromatic N) is 3. The van der Waals surface area contributed by atoms with Gasteiger partial charge in [0.1, 0.15) is 0 Å². The van der Waals surface area contributed by atoms with Crippen molar-refractivity contribution in [3.8, 4) is 5.75 Å². The number of carbonyl (C=O) groups is 2. The normalized spacial score (nSPS) is 15.6. The summed E-state index contributed by atoms with van der Waals surface area (Å²) in [5.74, 6) is -5.01. The summed E-state index contributed by atoms with van der Waals surface area (Å²) >= 11 is 3.60. The number of rotatable bonds is 16. The summed E-state index contributed by atoms with van der Waals surface area (Å²) < 4.78 is 52.8. The van der Waals surface area contributed by atoms with E-state index in [2.05, 4.69) is 20.8 Å². The van der Waals surface area contributed by atoms with Crippen molar-refractivity contribution < 1.29 is 42.2 Å². The summed E-state index contributed by atoms with van der Waals surface area (Å²) in [7, 11) is 0.